The maximum absolute atomic E-state index is 13.4. The minimum atomic E-state index is -1.01. The Morgan fingerprint density at radius 1 is 0.769 bits per heavy atom. The Labute approximate surface area is 226 Å². The van der Waals surface area contributed by atoms with Crippen molar-refractivity contribution in [3.05, 3.63) is 46.6 Å². The van der Waals surface area contributed by atoms with Gasteiger partial charge >= 0.3 is 0 Å². The fourth-order valence-electron chi connectivity index (χ4n) is 4.77. The SMILES string of the molecule is COC[C@H]1O[C@@H](Oc2c(OC)cc(OC)c3c(=O)cc(-c4ccc(OC)cc4)oc23)[C@H](OC)[C@@H](OC)[C@@H]1OC. The average molecular weight is 547 g/mol. The lowest BCUT2D eigenvalue weighted by Gasteiger charge is -2.44. The summed E-state index contributed by atoms with van der Waals surface area (Å²) in [7, 11) is 10.7. The largest absolute Gasteiger partial charge is 0.497 e. The highest BCUT2D eigenvalue weighted by molar-refractivity contribution is 5.92. The molecule has 1 aromatic heterocycles. The predicted molar refractivity (Wildman–Crippen MR) is 141 cm³/mol. The third-order valence-corrected chi connectivity index (χ3v) is 6.67. The van der Waals surface area contributed by atoms with Crippen LogP contribution in [0.25, 0.3) is 22.3 Å². The van der Waals surface area contributed by atoms with Gasteiger partial charge < -0.3 is 47.0 Å². The molecule has 2 aromatic carbocycles. The summed E-state index contributed by atoms with van der Waals surface area (Å²) in [6.45, 7) is 0.214. The summed E-state index contributed by atoms with van der Waals surface area (Å²) in [6, 6.07) is 10.1. The van der Waals surface area contributed by atoms with Crippen LogP contribution in [-0.4, -0.2) is 87.1 Å². The van der Waals surface area contributed by atoms with Crippen LogP contribution in [0.15, 0.2) is 45.6 Å². The molecule has 11 heteroatoms. The van der Waals surface area contributed by atoms with Crippen LogP contribution in [0.1, 0.15) is 0 Å². The third kappa shape index (κ3) is 5.54. The number of benzene rings is 2. The van der Waals surface area contributed by atoms with Gasteiger partial charge in [-0.25, -0.2) is 0 Å². The van der Waals surface area contributed by atoms with Crippen LogP contribution in [-0.2, 0) is 23.7 Å². The van der Waals surface area contributed by atoms with Gasteiger partial charge in [-0.15, -0.1) is 0 Å². The Morgan fingerprint density at radius 2 is 1.44 bits per heavy atom. The van der Waals surface area contributed by atoms with E-state index in [0.717, 1.165) is 0 Å². The van der Waals surface area contributed by atoms with Gasteiger partial charge in [0.25, 0.3) is 0 Å². The molecule has 0 amide bonds. The molecule has 4 rings (SSSR count). The van der Waals surface area contributed by atoms with Crippen molar-refractivity contribution in [1.82, 2.24) is 0 Å². The molecule has 1 aliphatic rings. The molecular weight excluding hydrogens is 512 g/mol. The summed E-state index contributed by atoms with van der Waals surface area (Å²) in [5, 5.41) is 0.182. The van der Waals surface area contributed by atoms with Crippen molar-refractivity contribution in [3.8, 4) is 34.3 Å². The van der Waals surface area contributed by atoms with Gasteiger partial charge in [0.15, 0.2) is 16.8 Å². The Bertz CT molecular complexity index is 1300. The molecule has 0 spiro atoms. The lowest BCUT2D eigenvalue weighted by Crippen LogP contribution is -2.62. The second-order valence-corrected chi connectivity index (χ2v) is 8.73. The molecule has 1 aliphatic heterocycles. The van der Waals surface area contributed by atoms with Crippen LogP contribution in [0.2, 0.25) is 0 Å². The quantitative estimate of drug-likeness (QED) is 0.353. The number of rotatable bonds is 11. The van der Waals surface area contributed by atoms with Gasteiger partial charge in [-0.2, -0.15) is 0 Å². The second kappa shape index (κ2) is 12.7. The minimum Gasteiger partial charge on any atom is -0.497 e. The molecule has 1 fully saturated rings. The molecule has 5 atom stereocenters. The number of hydrogen-bond donors (Lipinski definition) is 0. The van der Waals surface area contributed by atoms with Crippen LogP contribution in [0.4, 0.5) is 0 Å². The van der Waals surface area contributed by atoms with Gasteiger partial charge in [-0.3, -0.25) is 4.79 Å². The van der Waals surface area contributed by atoms with E-state index in [1.54, 1.807) is 58.8 Å². The first kappa shape index (κ1) is 28.7. The Hall–Kier alpha value is -3.35. The number of methoxy groups -OCH3 is 7. The number of ether oxygens (including phenoxy) is 9. The van der Waals surface area contributed by atoms with E-state index in [1.165, 1.54) is 27.4 Å². The summed E-state index contributed by atoms with van der Waals surface area (Å²) in [5.74, 6) is 1.65. The Morgan fingerprint density at radius 3 is 2.00 bits per heavy atom. The molecular formula is C28H34O11. The fraction of sp³-hybridized carbons (Fsp3) is 0.464. The van der Waals surface area contributed by atoms with Crippen LogP contribution < -0.4 is 24.4 Å². The van der Waals surface area contributed by atoms with Gasteiger partial charge in [0.1, 0.15) is 47.1 Å². The molecule has 11 nitrogen and oxygen atoms in total. The molecule has 212 valence electrons. The molecule has 3 aromatic rings. The summed E-state index contributed by atoms with van der Waals surface area (Å²) < 4.78 is 57.8. The minimum absolute atomic E-state index is 0.120. The molecule has 0 aliphatic carbocycles. The van der Waals surface area contributed by atoms with Crippen LogP contribution >= 0.6 is 0 Å². The molecule has 2 heterocycles. The van der Waals surface area contributed by atoms with Crippen LogP contribution in [0, 0.1) is 0 Å². The van der Waals surface area contributed by atoms with Gasteiger partial charge in [0, 0.05) is 46.1 Å². The van der Waals surface area contributed by atoms with E-state index < -0.39 is 30.7 Å². The highest BCUT2D eigenvalue weighted by atomic mass is 16.7. The van der Waals surface area contributed by atoms with E-state index in [0.29, 0.717) is 17.1 Å². The Kier molecular flexibility index (Phi) is 9.31. The molecule has 0 N–H and O–H groups in total. The highest BCUT2D eigenvalue weighted by Crippen LogP contribution is 2.43. The standard InChI is InChI=1S/C28H34O11/c1-30-14-21-23(34-5)26(35-6)27(36-7)28(38-21)39-24-20(33-4)13-19(32-3)22-17(29)12-18(37-25(22)24)15-8-10-16(31-2)11-9-15/h8-13,21,23,26-28H,14H2,1-7H3/t21-,23-,26+,27-,28+/m1/s1. The monoisotopic (exact) mass is 546 g/mol. The van der Waals surface area contributed by atoms with Crippen molar-refractivity contribution < 1.29 is 47.0 Å². The normalized spacial score (nSPS) is 23.0. The van der Waals surface area contributed by atoms with E-state index >= 15 is 0 Å². The smallest absolute Gasteiger partial charge is 0.229 e. The van der Waals surface area contributed by atoms with E-state index in [9.17, 15) is 4.79 Å². The first-order chi connectivity index (χ1) is 18.9. The van der Waals surface area contributed by atoms with Crippen molar-refractivity contribution in [2.24, 2.45) is 0 Å². The molecule has 0 saturated carbocycles. The van der Waals surface area contributed by atoms with Crippen molar-refractivity contribution in [3.63, 3.8) is 0 Å². The second-order valence-electron chi connectivity index (χ2n) is 8.73. The van der Waals surface area contributed by atoms with Crippen molar-refractivity contribution in [1.29, 1.82) is 0 Å². The summed E-state index contributed by atoms with van der Waals surface area (Å²) in [4.78, 5) is 13.4. The van der Waals surface area contributed by atoms with E-state index in [1.807, 2.05) is 0 Å². The van der Waals surface area contributed by atoms with Gasteiger partial charge in [0.05, 0.1) is 27.9 Å². The lowest BCUT2D eigenvalue weighted by atomic mass is 9.98. The highest BCUT2D eigenvalue weighted by Gasteiger charge is 2.48. The maximum Gasteiger partial charge on any atom is 0.229 e. The molecule has 1 saturated heterocycles. The van der Waals surface area contributed by atoms with Crippen molar-refractivity contribution in [2.75, 3.05) is 56.4 Å². The summed E-state index contributed by atoms with van der Waals surface area (Å²) >= 11 is 0. The molecule has 0 bridgehead atoms. The van der Waals surface area contributed by atoms with E-state index in [2.05, 4.69) is 0 Å². The lowest BCUT2D eigenvalue weighted by molar-refractivity contribution is -0.292. The maximum atomic E-state index is 13.4. The van der Waals surface area contributed by atoms with Crippen molar-refractivity contribution in [2.45, 2.75) is 30.7 Å². The average Bonchev–Trinajstić information content (AvgIpc) is 2.96. The van der Waals surface area contributed by atoms with E-state index in [4.69, 9.17) is 47.0 Å². The first-order valence-corrected chi connectivity index (χ1v) is 12.2. The summed E-state index contributed by atoms with van der Waals surface area (Å²) in [6.07, 6.45) is -3.32. The van der Waals surface area contributed by atoms with Crippen molar-refractivity contribution >= 4 is 11.0 Å². The number of hydrogen-bond acceptors (Lipinski definition) is 11. The Balaban J connectivity index is 1.87. The molecule has 0 radical (unpaired) electrons. The van der Waals surface area contributed by atoms with E-state index in [-0.39, 0.29) is 40.3 Å². The van der Waals surface area contributed by atoms with Gasteiger partial charge in [0.2, 0.25) is 12.0 Å². The van der Waals surface area contributed by atoms with Gasteiger partial charge in [-0.05, 0) is 24.3 Å². The zero-order valence-electron chi connectivity index (χ0n) is 23.0. The van der Waals surface area contributed by atoms with Crippen LogP contribution in [0.3, 0.4) is 0 Å². The summed E-state index contributed by atoms with van der Waals surface area (Å²) in [5.41, 5.74) is 0.452. The molecule has 0 unspecified atom stereocenters. The molecule has 39 heavy (non-hydrogen) atoms. The first-order valence-electron chi connectivity index (χ1n) is 12.2. The topological polar surface area (TPSA) is 113 Å². The fourth-order valence-corrected chi connectivity index (χ4v) is 4.77. The third-order valence-electron chi connectivity index (χ3n) is 6.67. The number of fused-ring (bicyclic) bond motifs is 1. The zero-order chi connectivity index (χ0) is 28.1. The van der Waals surface area contributed by atoms with Gasteiger partial charge in [-0.1, -0.05) is 0 Å². The predicted octanol–water partition coefficient (Wildman–Crippen LogP) is 3.28. The van der Waals surface area contributed by atoms with Crippen LogP contribution in [0.5, 0.6) is 23.0 Å². The zero-order valence-corrected chi connectivity index (χ0v) is 23.0.